The minimum atomic E-state index is 0.305. The molecule has 1 aliphatic heterocycles. The SMILES string of the molecule is O=C(C1CCCC1)N1CCN(c2nc(C3CC3)ns2)CC1. The number of hydrogen-bond acceptors (Lipinski definition) is 5. The van der Waals surface area contributed by atoms with Gasteiger partial charge in [-0.1, -0.05) is 12.8 Å². The molecule has 5 nitrogen and oxygen atoms in total. The smallest absolute Gasteiger partial charge is 0.225 e. The third-order valence-corrected chi connectivity index (χ3v) is 5.73. The van der Waals surface area contributed by atoms with Gasteiger partial charge in [-0.05, 0) is 25.7 Å². The summed E-state index contributed by atoms with van der Waals surface area (Å²) in [5.74, 6) is 2.36. The van der Waals surface area contributed by atoms with E-state index in [4.69, 9.17) is 0 Å². The molecule has 1 saturated heterocycles. The second kappa shape index (κ2) is 5.55. The lowest BCUT2D eigenvalue weighted by molar-refractivity contribution is -0.135. The Morgan fingerprint density at radius 3 is 2.43 bits per heavy atom. The number of amides is 1. The zero-order valence-corrected chi connectivity index (χ0v) is 13.1. The first-order chi connectivity index (χ1) is 10.3. The largest absolute Gasteiger partial charge is 0.343 e. The van der Waals surface area contributed by atoms with Crippen LogP contribution in [-0.4, -0.2) is 46.3 Å². The van der Waals surface area contributed by atoms with E-state index in [0.29, 0.717) is 17.7 Å². The molecule has 2 aliphatic carbocycles. The number of nitrogens with zero attached hydrogens (tertiary/aromatic N) is 4. The topological polar surface area (TPSA) is 49.3 Å². The molecule has 114 valence electrons. The third kappa shape index (κ3) is 2.78. The minimum absolute atomic E-state index is 0.305. The van der Waals surface area contributed by atoms with Crippen molar-refractivity contribution in [1.82, 2.24) is 14.3 Å². The summed E-state index contributed by atoms with van der Waals surface area (Å²) in [5.41, 5.74) is 0. The van der Waals surface area contributed by atoms with Crippen molar-refractivity contribution in [1.29, 1.82) is 0 Å². The van der Waals surface area contributed by atoms with Crippen LogP contribution in [-0.2, 0) is 4.79 Å². The zero-order chi connectivity index (χ0) is 14.2. The zero-order valence-electron chi connectivity index (χ0n) is 12.3. The Hall–Kier alpha value is -1.17. The summed E-state index contributed by atoms with van der Waals surface area (Å²) in [6.45, 7) is 3.48. The molecule has 0 bridgehead atoms. The molecule has 21 heavy (non-hydrogen) atoms. The van der Waals surface area contributed by atoms with Gasteiger partial charge >= 0.3 is 0 Å². The van der Waals surface area contributed by atoms with Crippen molar-refractivity contribution in [3.05, 3.63) is 5.82 Å². The maximum Gasteiger partial charge on any atom is 0.225 e. The van der Waals surface area contributed by atoms with Gasteiger partial charge in [-0.15, -0.1) is 0 Å². The number of aromatic nitrogens is 2. The Morgan fingerprint density at radius 1 is 1.05 bits per heavy atom. The average Bonchev–Trinajstić information content (AvgIpc) is 3.05. The number of carbonyl (C=O) groups excluding carboxylic acids is 1. The predicted octanol–water partition coefficient (Wildman–Crippen LogP) is 2.25. The predicted molar refractivity (Wildman–Crippen MR) is 82.6 cm³/mol. The van der Waals surface area contributed by atoms with E-state index in [1.165, 1.54) is 37.2 Å². The fourth-order valence-electron chi connectivity index (χ4n) is 3.41. The maximum atomic E-state index is 12.4. The highest BCUT2D eigenvalue weighted by atomic mass is 32.1. The van der Waals surface area contributed by atoms with Gasteiger partial charge in [0, 0.05) is 49.5 Å². The van der Waals surface area contributed by atoms with E-state index in [-0.39, 0.29) is 0 Å². The fraction of sp³-hybridized carbons (Fsp3) is 0.800. The van der Waals surface area contributed by atoms with Crippen molar-refractivity contribution in [2.24, 2.45) is 5.92 Å². The van der Waals surface area contributed by atoms with Crippen LogP contribution in [0.2, 0.25) is 0 Å². The molecule has 0 N–H and O–H groups in total. The van der Waals surface area contributed by atoms with Crippen LogP contribution in [0, 0.1) is 5.92 Å². The van der Waals surface area contributed by atoms with Crippen LogP contribution in [0.1, 0.15) is 50.3 Å². The van der Waals surface area contributed by atoms with Gasteiger partial charge in [-0.3, -0.25) is 4.79 Å². The number of hydrogen-bond donors (Lipinski definition) is 0. The lowest BCUT2D eigenvalue weighted by Crippen LogP contribution is -2.50. The normalized spacial score (nSPS) is 23.8. The molecule has 0 aromatic carbocycles. The van der Waals surface area contributed by atoms with Crippen LogP contribution < -0.4 is 4.90 Å². The van der Waals surface area contributed by atoms with E-state index < -0.39 is 0 Å². The summed E-state index contributed by atoms with van der Waals surface area (Å²) < 4.78 is 4.48. The molecule has 1 aromatic rings. The van der Waals surface area contributed by atoms with Crippen molar-refractivity contribution in [3.8, 4) is 0 Å². The highest BCUT2D eigenvalue weighted by Crippen LogP contribution is 2.39. The highest BCUT2D eigenvalue weighted by molar-refractivity contribution is 7.09. The molecule has 0 unspecified atom stereocenters. The molecular weight excluding hydrogens is 284 g/mol. The summed E-state index contributed by atoms with van der Waals surface area (Å²) in [4.78, 5) is 21.5. The van der Waals surface area contributed by atoms with Crippen LogP contribution in [0.15, 0.2) is 0 Å². The monoisotopic (exact) mass is 306 g/mol. The van der Waals surface area contributed by atoms with Crippen molar-refractivity contribution in [3.63, 3.8) is 0 Å². The Labute approximate surface area is 129 Å². The molecule has 1 aromatic heterocycles. The van der Waals surface area contributed by atoms with Crippen LogP contribution >= 0.6 is 11.5 Å². The van der Waals surface area contributed by atoms with E-state index in [2.05, 4.69) is 19.2 Å². The van der Waals surface area contributed by atoms with Crippen LogP contribution in [0.3, 0.4) is 0 Å². The second-order valence-electron chi connectivity index (χ2n) is 6.50. The van der Waals surface area contributed by atoms with E-state index in [9.17, 15) is 4.79 Å². The van der Waals surface area contributed by atoms with E-state index in [1.54, 1.807) is 0 Å². The number of rotatable bonds is 3. The third-order valence-electron chi connectivity index (χ3n) is 4.94. The molecule has 6 heteroatoms. The lowest BCUT2D eigenvalue weighted by atomic mass is 10.1. The van der Waals surface area contributed by atoms with Crippen molar-refractivity contribution in [2.45, 2.75) is 44.4 Å². The second-order valence-corrected chi connectivity index (χ2v) is 7.23. The van der Waals surface area contributed by atoms with Crippen molar-refractivity contribution in [2.75, 3.05) is 31.1 Å². The summed E-state index contributed by atoms with van der Waals surface area (Å²) in [6.07, 6.45) is 7.15. The number of anilines is 1. The van der Waals surface area contributed by atoms with Crippen molar-refractivity contribution < 1.29 is 4.79 Å². The molecule has 3 aliphatic rings. The van der Waals surface area contributed by atoms with Crippen LogP contribution in [0.25, 0.3) is 0 Å². The summed E-state index contributed by atoms with van der Waals surface area (Å²) in [7, 11) is 0. The molecule has 4 rings (SSSR count). The molecule has 2 heterocycles. The fourth-order valence-corrected chi connectivity index (χ4v) is 4.21. The van der Waals surface area contributed by atoms with E-state index >= 15 is 0 Å². The van der Waals surface area contributed by atoms with Gasteiger partial charge in [0.15, 0.2) is 0 Å². The number of piperazine rings is 1. The van der Waals surface area contributed by atoms with E-state index in [0.717, 1.165) is 50.0 Å². The van der Waals surface area contributed by atoms with Crippen LogP contribution in [0.4, 0.5) is 5.13 Å². The lowest BCUT2D eigenvalue weighted by Gasteiger charge is -2.35. The molecular formula is C15H22N4OS. The van der Waals surface area contributed by atoms with Gasteiger partial charge in [0.05, 0.1) is 0 Å². The van der Waals surface area contributed by atoms with Gasteiger partial charge in [0.25, 0.3) is 0 Å². The summed E-state index contributed by atoms with van der Waals surface area (Å²) in [6, 6.07) is 0. The van der Waals surface area contributed by atoms with E-state index in [1.807, 2.05) is 0 Å². The first kappa shape index (κ1) is 13.5. The Bertz CT molecular complexity index is 513. The summed E-state index contributed by atoms with van der Waals surface area (Å²) >= 11 is 1.52. The Balaban J connectivity index is 1.34. The van der Waals surface area contributed by atoms with Gasteiger partial charge < -0.3 is 9.80 Å². The Kier molecular flexibility index (Phi) is 3.57. The number of carbonyl (C=O) groups is 1. The molecule has 0 radical (unpaired) electrons. The van der Waals surface area contributed by atoms with Crippen LogP contribution in [0.5, 0.6) is 0 Å². The minimum Gasteiger partial charge on any atom is -0.343 e. The quantitative estimate of drug-likeness (QED) is 0.859. The molecule has 2 saturated carbocycles. The van der Waals surface area contributed by atoms with Gasteiger partial charge in [0.1, 0.15) is 5.82 Å². The summed E-state index contributed by atoms with van der Waals surface area (Å²) in [5, 5.41) is 1.05. The average molecular weight is 306 g/mol. The highest BCUT2D eigenvalue weighted by Gasteiger charge is 2.31. The molecule has 0 spiro atoms. The maximum absolute atomic E-state index is 12.4. The molecule has 1 amide bonds. The molecule has 3 fully saturated rings. The first-order valence-electron chi connectivity index (χ1n) is 8.18. The van der Waals surface area contributed by atoms with Gasteiger partial charge in [-0.25, -0.2) is 4.98 Å². The standard InChI is InChI=1S/C15H22N4OS/c20-14(12-3-1-2-4-12)18-7-9-19(10-8-18)15-16-13(17-21-15)11-5-6-11/h11-12H,1-10H2. The van der Waals surface area contributed by atoms with Gasteiger partial charge in [0.2, 0.25) is 11.0 Å². The van der Waals surface area contributed by atoms with Crippen molar-refractivity contribution >= 4 is 22.6 Å². The molecule has 0 atom stereocenters. The Morgan fingerprint density at radius 2 is 1.76 bits per heavy atom. The van der Waals surface area contributed by atoms with Gasteiger partial charge in [-0.2, -0.15) is 4.37 Å². The first-order valence-corrected chi connectivity index (χ1v) is 8.96.